The van der Waals surface area contributed by atoms with Crippen LogP contribution in [0.3, 0.4) is 0 Å². The van der Waals surface area contributed by atoms with E-state index in [4.69, 9.17) is 4.74 Å². The number of amides is 1. The van der Waals surface area contributed by atoms with E-state index in [1.54, 1.807) is 17.2 Å². The number of H-pyrrole nitrogens is 1. The first-order valence-electron chi connectivity index (χ1n) is 9.00. The largest absolute Gasteiger partial charge is 0.445 e. The quantitative estimate of drug-likeness (QED) is 0.718. The van der Waals surface area contributed by atoms with Gasteiger partial charge >= 0.3 is 6.09 Å². The van der Waals surface area contributed by atoms with E-state index in [1.165, 1.54) is 6.33 Å². The van der Waals surface area contributed by atoms with Gasteiger partial charge in [-0.05, 0) is 24.5 Å². The average molecular weight is 364 g/mol. The van der Waals surface area contributed by atoms with Gasteiger partial charge in [0.05, 0.1) is 0 Å². The number of aromatic amines is 1. The van der Waals surface area contributed by atoms with Crippen molar-refractivity contribution in [3.63, 3.8) is 0 Å². The van der Waals surface area contributed by atoms with Crippen LogP contribution in [0.4, 0.5) is 4.79 Å². The summed E-state index contributed by atoms with van der Waals surface area (Å²) in [4.78, 5) is 38.3. The van der Waals surface area contributed by atoms with Gasteiger partial charge in [-0.3, -0.25) is 4.79 Å². The Morgan fingerprint density at radius 3 is 2.89 bits per heavy atom. The maximum Gasteiger partial charge on any atom is 0.410 e. The molecule has 1 amide bonds. The molecule has 7 nitrogen and oxygen atoms in total. The third-order valence-electron chi connectivity index (χ3n) is 4.84. The standard InChI is InChI=1S/C20H20N4O3/c25-18(17-16-8-9-21-19(16)23-13-22-17)15-7-4-10-24(11-15)20(26)27-12-14-5-2-1-3-6-14/h1-3,5-6,8-9,13,15H,4,7,10-12H2,(H,21,22,23). The molecule has 2 aromatic heterocycles. The van der Waals surface area contributed by atoms with Crippen LogP contribution < -0.4 is 0 Å². The van der Waals surface area contributed by atoms with Crippen molar-refractivity contribution < 1.29 is 14.3 Å². The van der Waals surface area contributed by atoms with E-state index >= 15 is 0 Å². The Morgan fingerprint density at radius 1 is 1.19 bits per heavy atom. The molecule has 1 aromatic carbocycles. The zero-order valence-corrected chi connectivity index (χ0v) is 14.8. The van der Waals surface area contributed by atoms with Gasteiger partial charge in [0.1, 0.15) is 24.3 Å². The number of fused-ring (bicyclic) bond motifs is 1. The zero-order valence-electron chi connectivity index (χ0n) is 14.8. The monoisotopic (exact) mass is 364 g/mol. The molecule has 4 rings (SSSR count). The molecule has 7 heteroatoms. The number of hydrogen-bond donors (Lipinski definition) is 1. The summed E-state index contributed by atoms with van der Waals surface area (Å²) >= 11 is 0. The molecule has 0 bridgehead atoms. The number of likely N-dealkylation sites (tertiary alicyclic amines) is 1. The van der Waals surface area contributed by atoms with Crippen LogP contribution in [-0.2, 0) is 11.3 Å². The molecular formula is C20H20N4O3. The first kappa shape index (κ1) is 17.2. The SMILES string of the molecule is O=C(c1ncnc2[nH]ccc12)C1CCCN(C(=O)OCc2ccccc2)C1. The number of ketones is 1. The Morgan fingerprint density at radius 2 is 2.04 bits per heavy atom. The van der Waals surface area contributed by atoms with Crippen molar-refractivity contribution in [1.29, 1.82) is 0 Å². The number of ether oxygens (including phenoxy) is 1. The molecule has 3 heterocycles. The number of hydrogen-bond acceptors (Lipinski definition) is 5. The molecule has 0 radical (unpaired) electrons. The molecule has 1 fully saturated rings. The van der Waals surface area contributed by atoms with Crippen LogP contribution in [0.5, 0.6) is 0 Å². The Kier molecular flexibility index (Phi) is 4.82. The van der Waals surface area contributed by atoms with Gasteiger partial charge in [0.25, 0.3) is 0 Å². The van der Waals surface area contributed by atoms with Gasteiger partial charge in [0.15, 0.2) is 5.78 Å². The lowest BCUT2D eigenvalue weighted by molar-refractivity contribution is 0.0685. The van der Waals surface area contributed by atoms with Gasteiger partial charge in [0, 0.05) is 30.6 Å². The summed E-state index contributed by atoms with van der Waals surface area (Å²) in [6.07, 6.45) is 4.24. The average Bonchev–Trinajstić information content (AvgIpc) is 3.21. The Labute approximate surface area is 156 Å². The van der Waals surface area contributed by atoms with Crippen molar-refractivity contribution in [3.8, 4) is 0 Å². The van der Waals surface area contributed by atoms with Gasteiger partial charge in [0.2, 0.25) is 0 Å². The minimum Gasteiger partial charge on any atom is -0.445 e. The van der Waals surface area contributed by atoms with Crippen molar-refractivity contribution in [2.24, 2.45) is 5.92 Å². The van der Waals surface area contributed by atoms with Crippen LogP contribution in [0.2, 0.25) is 0 Å². The van der Waals surface area contributed by atoms with Crippen molar-refractivity contribution >= 4 is 22.9 Å². The van der Waals surface area contributed by atoms with Crippen LogP contribution in [0.15, 0.2) is 48.9 Å². The molecule has 138 valence electrons. The summed E-state index contributed by atoms with van der Waals surface area (Å²) in [5.41, 5.74) is 1.99. The molecular weight excluding hydrogens is 344 g/mol. The molecule has 0 spiro atoms. The maximum atomic E-state index is 13.0. The number of carbonyl (C=O) groups excluding carboxylic acids is 2. The van der Waals surface area contributed by atoms with E-state index in [9.17, 15) is 9.59 Å². The minimum absolute atomic E-state index is 0.0532. The molecule has 3 aromatic rings. The highest BCUT2D eigenvalue weighted by molar-refractivity contribution is 6.06. The Bertz CT molecular complexity index is 954. The molecule has 1 unspecified atom stereocenters. The number of Topliss-reactive ketones (excluding diaryl/α,β-unsaturated/α-hetero) is 1. The summed E-state index contributed by atoms with van der Waals surface area (Å²) in [6, 6.07) is 11.3. The number of nitrogens with one attached hydrogen (secondary N) is 1. The predicted molar refractivity (Wildman–Crippen MR) is 99.1 cm³/mol. The highest BCUT2D eigenvalue weighted by atomic mass is 16.6. The molecule has 1 atom stereocenters. The van der Waals surface area contributed by atoms with Crippen molar-refractivity contribution in [3.05, 3.63) is 60.2 Å². The van der Waals surface area contributed by atoms with E-state index in [-0.39, 0.29) is 24.4 Å². The van der Waals surface area contributed by atoms with Gasteiger partial charge in [-0.25, -0.2) is 14.8 Å². The molecule has 27 heavy (non-hydrogen) atoms. The van der Waals surface area contributed by atoms with Gasteiger partial charge in [-0.2, -0.15) is 0 Å². The second kappa shape index (κ2) is 7.57. The lowest BCUT2D eigenvalue weighted by atomic mass is 9.91. The predicted octanol–water partition coefficient (Wildman–Crippen LogP) is 3.19. The fraction of sp³-hybridized carbons (Fsp3) is 0.300. The second-order valence-electron chi connectivity index (χ2n) is 6.65. The molecule has 1 N–H and O–H groups in total. The summed E-state index contributed by atoms with van der Waals surface area (Å²) in [6.45, 7) is 1.17. The van der Waals surface area contributed by atoms with Crippen LogP contribution >= 0.6 is 0 Å². The van der Waals surface area contributed by atoms with Crippen LogP contribution in [0, 0.1) is 5.92 Å². The first-order chi connectivity index (χ1) is 13.2. The molecule has 1 aliphatic heterocycles. The number of piperidine rings is 1. The molecule has 1 saturated heterocycles. The van der Waals surface area contributed by atoms with Crippen LogP contribution in [0.25, 0.3) is 11.0 Å². The smallest absolute Gasteiger partial charge is 0.410 e. The fourth-order valence-electron chi connectivity index (χ4n) is 3.43. The highest BCUT2D eigenvalue weighted by Crippen LogP contribution is 2.24. The van der Waals surface area contributed by atoms with E-state index in [2.05, 4.69) is 15.0 Å². The lowest BCUT2D eigenvalue weighted by Crippen LogP contribution is -2.42. The first-order valence-corrected chi connectivity index (χ1v) is 9.00. The topological polar surface area (TPSA) is 88.2 Å². The van der Waals surface area contributed by atoms with E-state index in [0.717, 1.165) is 18.4 Å². The molecule has 1 aliphatic rings. The van der Waals surface area contributed by atoms with Gasteiger partial charge in [-0.15, -0.1) is 0 Å². The Balaban J connectivity index is 1.42. The zero-order chi connectivity index (χ0) is 18.6. The highest BCUT2D eigenvalue weighted by Gasteiger charge is 2.31. The van der Waals surface area contributed by atoms with E-state index < -0.39 is 0 Å². The summed E-state index contributed by atoms with van der Waals surface area (Å²) in [5.74, 6) is -0.335. The van der Waals surface area contributed by atoms with E-state index in [1.807, 2.05) is 30.3 Å². The summed E-state index contributed by atoms with van der Waals surface area (Å²) in [5, 5.41) is 0.714. The van der Waals surface area contributed by atoms with Gasteiger partial charge in [-0.1, -0.05) is 30.3 Å². The Hall–Kier alpha value is -3.22. The number of rotatable bonds is 4. The normalized spacial score (nSPS) is 17.0. The third-order valence-corrected chi connectivity index (χ3v) is 4.84. The van der Waals surface area contributed by atoms with Gasteiger partial charge < -0.3 is 14.6 Å². The number of carbonyl (C=O) groups is 2. The van der Waals surface area contributed by atoms with E-state index in [0.29, 0.717) is 29.8 Å². The number of nitrogens with zero attached hydrogens (tertiary/aromatic N) is 3. The molecule has 0 aliphatic carbocycles. The van der Waals surface area contributed by atoms with Crippen LogP contribution in [-0.4, -0.2) is 44.8 Å². The number of benzene rings is 1. The lowest BCUT2D eigenvalue weighted by Gasteiger charge is -2.31. The third kappa shape index (κ3) is 3.67. The summed E-state index contributed by atoms with van der Waals surface area (Å²) in [7, 11) is 0. The van der Waals surface area contributed by atoms with Crippen molar-refractivity contribution in [1.82, 2.24) is 19.9 Å². The number of aromatic nitrogens is 3. The maximum absolute atomic E-state index is 13.0. The second-order valence-corrected chi connectivity index (χ2v) is 6.65. The fourth-order valence-corrected chi connectivity index (χ4v) is 3.43. The summed E-state index contributed by atoms with van der Waals surface area (Å²) < 4.78 is 5.40. The molecule has 0 saturated carbocycles. The minimum atomic E-state index is -0.383. The van der Waals surface area contributed by atoms with Crippen molar-refractivity contribution in [2.75, 3.05) is 13.1 Å². The van der Waals surface area contributed by atoms with Crippen LogP contribution in [0.1, 0.15) is 28.9 Å². The van der Waals surface area contributed by atoms with Crippen molar-refractivity contribution in [2.45, 2.75) is 19.4 Å².